The molecule has 0 atom stereocenters. The average Bonchev–Trinajstić information content (AvgIpc) is 2.41. The largest absolute Gasteiger partial charge is 0.366 e. The number of non-ortho nitro benzene ring substituents is 1. The van der Waals surface area contributed by atoms with Crippen molar-refractivity contribution in [3.05, 3.63) is 61.5 Å². The highest BCUT2D eigenvalue weighted by Gasteiger charge is 2.19. The summed E-state index contributed by atoms with van der Waals surface area (Å²) in [6, 6.07) is 4.63. The molecule has 0 aliphatic heterocycles. The molecule has 21 heavy (non-hydrogen) atoms. The maximum absolute atomic E-state index is 12.1. The number of pyridine rings is 1. The fraction of sp³-hybridized carbons (Fsp3) is 0. The van der Waals surface area contributed by atoms with E-state index in [0.717, 1.165) is 24.4 Å². The second-order valence-corrected chi connectivity index (χ2v) is 6.40. The molecule has 0 aliphatic carbocycles. The zero-order chi connectivity index (χ0) is 15.6. The van der Waals surface area contributed by atoms with E-state index >= 15 is 0 Å². The second kappa shape index (κ2) is 5.66. The first-order chi connectivity index (χ1) is 9.81. The van der Waals surface area contributed by atoms with Crippen LogP contribution in [0, 0.1) is 10.1 Å². The molecule has 0 saturated heterocycles. The quantitative estimate of drug-likeness (QED) is 0.625. The van der Waals surface area contributed by atoms with Crippen molar-refractivity contribution < 1.29 is 13.3 Å². The van der Waals surface area contributed by atoms with Crippen molar-refractivity contribution in [2.75, 3.05) is 4.72 Å². The van der Waals surface area contributed by atoms with E-state index in [2.05, 4.69) is 25.6 Å². The van der Waals surface area contributed by atoms with Crippen LogP contribution in [0.3, 0.4) is 0 Å². The van der Waals surface area contributed by atoms with Crippen molar-refractivity contribution in [3.63, 3.8) is 0 Å². The van der Waals surface area contributed by atoms with E-state index in [1.807, 2.05) is 0 Å². The van der Waals surface area contributed by atoms with Crippen LogP contribution in [0.25, 0.3) is 0 Å². The Morgan fingerprint density at radius 1 is 1.29 bits per heavy atom. The molecule has 1 heterocycles. The molecule has 0 spiro atoms. The molecule has 8 nitrogen and oxygen atoms in total. The number of aromatic amines is 1. The van der Waals surface area contributed by atoms with Crippen molar-refractivity contribution in [1.82, 2.24) is 4.98 Å². The Labute approximate surface area is 127 Å². The fourth-order valence-electron chi connectivity index (χ4n) is 1.51. The summed E-state index contributed by atoms with van der Waals surface area (Å²) in [5.74, 6) is 0. The van der Waals surface area contributed by atoms with Crippen molar-refractivity contribution in [3.8, 4) is 0 Å². The van der Waals surface area contributed by atoms with Crippen LogP contribution in [0.5, 0.6) is 0 Å². The third-order valence-corrected chi connectivity index (χ3v) is 4.53. The van der Waals surface area contributed by atoms with E-state index in [0.29, 0.717) is 0 Å². The molecular weight excluding hydrogens is 366 g/mol. The zero-order valence-electron chi connectivity index (χ0n) is 10.2. The Morgan fingerprint density at radius 3 is 2.57 bits per heavy atom. The van der Waals surface area contributed by atoms with E-state index in [4.69, 9.17) is 0 Å². The molecule has 2 rings (SSSR count). The lowest BCUT2D eigenvalue weighted by molar-refractivity contribution is -0.384. The van der Waals surface area contributed by atoms with Crippen LogP contribution in [0.15, 0.2) is 50.8 Å². The summed E-state index contributed by atoms with van der Waals surface area (Å²) in [6.07, 6.45) is 2.37. The lowest BCUT2D eigenvalue weighted by Gasteiger charge is -2.08. The van der Waals surface area contributed by atoms with Gasteiger partial charge in [0.05, 0.1) is 10.6 Å². The van der Waals surface area contributed by atoms with E-state index in [1.165, 1.54) is 12.3 Å². The average molecular weight is 374 g/mol. The molecule has 0 radical (unpaired) electrons. The van der Waals surface area contributed by atoms with Gasteiger partial charge in [0, 0.05) is 35.1 Å². The molecule has 0 saturated carbocycles. The van der Waals surface area contributed by atoms with Crippen molar-refractivity contribution in [2.24, 2.45) is 0 Å². The van der Waals surface area contributed by atoms with Crippen LogP contribution in [0.2, 0.25) is 0 Å². The number of nitrogens with one attached hydrogen (secondary N) is 2. The number of H-pyrrole nitrogens is 1. The van der Waals surface area contributed by atoms with Gasteiger partial charge < -0.3 is 4.98 Å². The monoisotopic (exact) mass is 373 g/mol. The van der Waals surface area contributed by atoms with Crippen LogP contribution < -0.4 is 10.2 Å². The third kappa shape index (κ3) is 3.28. The summed E-state index contributed by atoms with van der Waals surface area (Å²) in [5, 5.41) is 10.6. The van der Waals surface area contributed by atoms with E-state index in [9.17, 15) is 23.3 Å². The lowest BCUT2D eigenvalue weighted by atomic mass is 10.3. The van der Waals surface area contributed by atoms with Gasteiger partial charge in [-0.3, -0.25) is 19.6 Å². The number of nitro benzene ring substituents is 1. The maximum Gasteiger partial charge on any atom is 0.270 e. The number of nitrogens with zero attached hydrogens (tertiary/aromatic N) is 1. The minimum Gasteiger partial charge on any atom is -0.366 e. The number of hydrogen-bond acceptors (Lipinski definition) is 5. The lowest BCUT2D eigenvalue weighted by Crippen LogP contribution is -2.21. The number of hydrogen-bond donors (Lipinski definition) is 2. The van der Waals surface area contributed by atoms with Crippen molar-refractivity contribution >= 4 is 37.3 Å². The van der Waals surface area contributed by atoms with Crippen LogP contribution in [0.4, 0.5) is 11.4 Å². The number of aromatic nitrogens is 1. The molecular formula is C11H8BrN3O5S. The molecule has 0 fully saturated rings. The first-order valence-electron chi connectivity index (χ1n) is 5.45. The van der Waals surface area contributed by atoms with Gasteiger partial charge in [0.1, 0.15) is 0 Å². The molecule has 1 aromatic carbocycles. The Kier molecular flexibility index (Phi) is 4.09. The Balaban J connectivity index is 2.40. The third-order valence-electron chi connectivity index (χ3n) is 2.49. The van der Waals surface area contributed by atoms with Gasteiger partial charge in [0.25, 0.3) is 15.7 Å². The number of halogens is 1. The Bertz CT molecular complexity index is 862. The summed E-state index contributed by atoms with van der Waals surface area (Å²) >= 11 is 3.04. The van der Waals surface area contributed by atoms with Crippen molar-refractivity contribution in [2.45, 2.75) is 4.90 Å². The first-order valence-corrected chi connectivity index (χ1v) is 7.73. The number of nitro groups is 1. The highest BCUT2D eigenvalue weighted by atomic mass is 79.9. The van der Waals surface area contributed by atoms with Gasteiger partial charge in [-0.15, -0.1) is 0 Å². The predicted octanol–water partition coefficient (Wildman–Crippen LogP) is 1.85. The molecule has 2 N–H and O–H groups in total. The summed E-state index contributed by atoms with van der Waals surface area (Å²) in [6.45, 7) is 0. The number of sulfonamides is 1. The van der Waals surface area contributed by atoms with E-state index < -0.39 is 25.3 Å². The maximum atomic E-state index is 12.1. The summed E-state index contributed by atoms with van der Waals surface area (Å²) in [5.41, 5.74) is -0.773. The highest BCUT2D eigenvalue weighted by Crippen LogP contribution is 2.28. The van der Waals surface area contributed by atoms with E-state index in [-0.39, 0.29) is 15.8 Å². The van der Waals surface area contributed by atoms with Crippen molar-refractivity contribution in [1.29, 1.82) is 0 Å². The minimum atomic E-state index is -4.09. The fourth-order valence-corrected chi connectivity index (χ4v) is 3.24. The standard InChI is InChI=1S/C11H8BrN3O5S/c12-8-5-7(15(17)18)1-2-9(8)14-21(19,20)11-6-13-4-3-10(11)16/h1-6,14H,(H,13,16). The highest BCUT2D eigenvalue weighted by molar-refractivity contribution is 9.10. The van der Waals surface area contributed by atoms with Gasteiger partial charge in [-0.05, 0) is 22.0 Å². The first kappa shape index (κ1) is 15.2. The van der Waals surface area contributed by atoms with Gasteiger partial charge in [-0.2, -0.15) is 0 Å². The number of rotatable bonds is 4. The number of anilines is 1. The second-order valence-electron chi connectivity index (χ2n) is 3.90. The van der Waals surface area contributed by atoms with Crippen LogP contribution in [-0.4, -0.2) is 18.3 Å². The molecule has 0 amide bonds. The smallest absolute Gasteiger partial charge is 0.270 e. The van der Waals surface area contributed by atoms with Crippen LogP contribution in [-0.2, 0) is 10.0 Å². The Morgan fingerprint density at radius 2 is 2.00 bits per heavy atom. The summed E-state index contributed by atoms with van der Waals surface area (Å²) < 4.78 is 26.6. The molecule has 1 aromatic heterocycles. The topological polar surface area (TPSA) is 122 Å². The van der Waals surface area contributed by atoms with Gasteiger partial charge in [0.15, 0.2) is 4.90 Å². The molecule has 2 aromatic rings. The van der Waals surface area contributed by atoms with Crippen LogP contribution in [0.1, 0.15) is 0 Å². The molecule has 0 aliphatic rings. The molecule has 0 unspecified atom stereocenters. The SMILES string of the molecule is O=c1cc[nH]cc1S(=O)(=O)Nc1ccc([N+](=O)[O-])cc1Br. The number of benzene rings is 1. The van der Waals surface area contributed by atoms with E-state index in [1.54, 1.807) is 0 Å². The normalized spacial score (nSPS) is 11.1. The molecule has 110 valence electrons. The van der Waals surface area contributed by atoms with Crippen LogP contribution >= 0.6 is 15.9 Å². The van der Waals surface area contributed by atoms with Gasteiger partial charge in [-0.1, -0.05) is 0 Å². The summed E-state index contributed by atoms with van der Waals surface area (Å²) in [7, 11) is -4.09. The van der Waals surface area contributed by atoms with Gasteiger partial charge in [0.2, 0.25) is 5.43 Å². The Hall–Kier alpha value is -2.20. The molecule has 10 heteroatoms. The molecule has 0 bridgehead atoms. The van der Waals surface area contributed by atoms with Gasteiger partial charge >= 0.3 is 0 Å². The zero-order valence-corrected chi connectivity index (χ0v) is 12.6. The minimum absolute atomic E-state index is 0.0869. The predicted molar refractivity (Wildman–Crippen MR) is 78.7 cm³/mol. The van der Waals surface area contributed by atoms with Gasteiger partial charge in [-0.25, -0.2) is 8.42 Å². The summed E-state index contributed by atoms with van der Waals surface area (Å²) in [4.78, 5) is 23.6.